The van der Waals surface area contributed by atoms with Crippen LogP contribution in [0, 0.1) is 0 Å². The van der Waals surface area contributed by atoms with E-state index in [2.05, 4.69) is 0 Å². The molecule has 0 aromatic heterocycles. The van der Waals surface area contributed by atoms with E-state index < -0.39 is 30.4 Å². The molecule has 0 aliphatic carbocycles. The van der Waals surface area contributed by atoms with Gasteiger partial charge in [-0.3, -0.25) is 0 Å². The van der Waals surface area contributed by atoms with Crippen molar-refractivity contribution < 1.29 is 60.6 Å². The topological polar surface area (TPSA) is 149 Å². The van der Waals surface area contributed by atoms with Gasteiger partial charge in [-0.25, -0.2) is 0 Å². The van der Waals surface area contributed by atoms with Crippen LogP contribution in [0.5, 0.6) is 0 Å². The third kappa shape index (κ3) is 6400. The maximum atomic E-state index is 8.85. The van der Waals surface area contributed by atoms with Gasteiger partial charge in [0.05, 0.1) is 0 Å². The molecule has 0 radical (unpaired) electrons. The van der Waals surface area contributed by atoms with Crippen LogP contribution in [0.4, 0.5) is 0 Å². The van der Waals surface area contributed by atoms with Crippen molar-refractivity contribution in [3.05, 3.63) is 0 Å². The Hall–Kier alpha value is 0.261. The van der Waals surface area contributed by atoms with Gasteiger partial charge in [-0.05, 0) is 0 Å². The molecule has 0 spiro atoms. The van der Waals surface area contributed by atoms with Gasteiger partial charge in [0.25, 0.3) is 0 Å². The Morgan fingerprint density at radius 2 is 1.00 bits per heavy atom. The van der Waals surface area contributed by atoms with Crippen molar-refractivity contribution in [1.29, 1.82) is 0 Å². The number of hydrogen-bond acceptors (Lipinski definition) is 4. The summed E-state index contributed by atoms with van der Waals surface area (Å²) < 4.78 is 63.9. The predicted octanol–water partition coefficient (Wildman–Crippen LogP) is -2.71. The molecule has 64 valence electrons. The summed E-state index contributed by atoms with van der Waals surface area (Å²) in [4.78, 5) is 0. The van der Waals surface area contributed by atoms with Crippen LogP contribution in [0.15, 0.2) is 0 Å². The van der Waals surface area contributed by atoms with E-state index in [0.717, 1.165) is 0 Å². The third-order valence-corrected chi connectivity index (χ3v) is 0. The van der Waals surface area contributed by atoms with Crippen molar-refractivity contribution >= 4 is 0 Å². The summed E-state index contributed by atoms with van der Waals surface area (Å²) in [5, 5.41) is 0. The quantitative estimate of drug-likeness (QED) is 0.350. The van der Waals surface area contributed by atoms with Gasteiger partial charge in [-0.1, -0.05) is 0 Å². The van der Waals surface area contributed by atoms with E-state index in [0.29, 0.717) is 0 Å². The summed E-state index contributed by atoms with van der Waals surface area (Å²) >= 11 is -10.8. The fourth-order valence-corrected chi connectivity index (χ4v) is 0. The number of hydrogen-bond donors (Lipinski definition) is 4. The Morgan fingerprint density at radius 3 is 1.00 bits per heavy atom. The average molecular weight is 280 g/mol. The second kappa shape index (κ2) is 4.20. The van der Waals surface area contributed by atoms with Gasteiger partial charge in [0.15, 0.2) is 0 Å². The summed E-state index contributed by atoms with van der Waals surface area (Å²) in [6.45, 7) is 0. The molecule has 0 aromatic rings. The van der Waals surface area contributed by atoms with Crippen molar-refractivity contribution in [3.63, 3.8) is 0 Å². The van der Waals surface area contributed by atoms with Gasteiger partial charge in [-0.2, -0.15) is 0 Å². The van der Waals surface area contributed by atoms with Crippen LogP contribution in [0.1, 0.15) is 0 Å². The zero-order chi connectivity index (χ0) is 9.00. The third-order valence-electron chi connectivity index (χ3n) is 0. The van der Waals surface area contributed by atoms with E-state index in [-0.39, 0.29) is 0 Å². The molecule has 0 aliphatic heterocycles. The number of rotatable bonds is 0. The average Bonchev–Trinajstić information content (AvgIpc) is 1.12. The molecule has 10 heteroatoms. The first-order valence-electron chi connectivity index (χ1n) is 1.40. The van der Waals surface area contributed by atoms with E-state index >= 15 is 0 Å². The molecule has 0 heterocycles. The summed E-state index contributed by atoms with van der Waals surface area (Å²) in [6, 6.07) is 0. The van der Waals surface area contributed by atoms with Crippen LogP contribution >= 0.6 is 0 Å². The Labute approximate surface area is 60.8 Å². The van der Waals surface area contributed by atoms with E-state index in [1.165, 1.54) is 0 Å². The van der Waals surface area contributed by atoms with E-state index in [1.807, 2.05) is 0 Å². The van der Waals surface area contributed by atoms with E-state index in [9.17, 15) is 0 Å². The predicted molar refractivity (Wildman–Crippen MR) is 11.6 cm³/mol. The van der Waals surface area contributed by atoms with Gasteiger partial charge in [0.2, 0.25) is 0 Å². The first-order valence-corrected chi connectivity index (χ1v) is 7.01. The zero-order valence-electron chi connectivity index (χ0n) is 4.24. The molecule has 0 bridgehead atoms. The second-order valence-corrected chi connectivity index (χ2v) is 4.50. The summed E-state index contributed by atoms with van der Waals surface area (Å²) in [5.74, 6) is 0. The van der Waals surface area contributed by atoms with Crippen molar-refractivity contribution in [3.8, 4) is 0 Å². The van der Waals surface area contributed by atoms with Crippen LogP contribution in [-0.4, -0.2) is 15.8 Å². The van der Waals surface area contributed by atoms with Crippen LogP contribution < -0.4 is 0 Å². The van der Waals surface area contributed by atoms with E-state index in [4.69, 9.17) is 30.2 Å². The monoisotopic (exact) mass is 282 g/mol. The van der Waals surface area contributed by atoms with Gasteiger partial charge in [-0.15, -0.1) is 0 Å². The van der Waals surface area contributed by atoms with Crippen molar-refractivity contribution in [1.82, 2.24) is 0 Å². The maximum absolute atomic E-state index is 8.85. The molecule has 0 rings (SSSR count). The minimum absolute atomic E-state index is 5.25. The van der Waals surface area contributed by atoms with Crippen molar-refractivity contribution in [2.24, 2.45) is 0 Å². The molecule has 10 heavy (non-hydrogen) atoms. The Balaban J connectivity index is 0. The molecule has 0 atom stereocenters. The van der Waals surface area contributed by atoms with Crippen molar-refractivity contribution in [2.75, 3.05) is 0 Å². The van der Waals surface area contributed by atoms with Gasteiger partial charge < -0.3 is 0 Å². The second-order valence-electron chi connectivity index (χ2n) is 0.896. The zero-order valence-corrected chi connectivity index (χ0v) is 7.52. The molecule has 8 nitrogen and oxygen atoms in total. The SMILES string of the molecule is [O]=[Cr](=[O])([OH])[OH].[O]=[Mo](=[O])([OH])[OH]. The van der Waals surface area contributed by atoms with Crippen LogP contribution in [0.25, 0.3) is 0 Å². The Kier molecular flexibility index (Phi) is 5.42. The van der Waals surface area contributed by atoms with Crippen molar-refractivity contribution in [2.45, 2.75) is 0 Å². The van der Waals surface area contributed by atoms with Crippen LogP contribution in [0.3, 0.4) is 0 Å². The molecular weight excluding hydrogens is 276 g/mol. The molecule has 4 N–H and O–H groups in total. The summed E-state index contributed by atoms with van der Waals surface area (Å²) in [7, 11) is 0. The normalized spacial score (nSPS) is 11.6. The Bertz CT molecular complexity index is 206. The fourth-order valence-electron chi connectivity index (χ4n) is 0. The van der Waals surface area contributed by atoms with Gasteiger partial charge >= 0.3 is 60.6 Å². The Morgan fingerprint density at radius 1 is 1.00 bits per heavy atom. The van der Waals surface area contributed by atoms with E-state index in [1.54, 1.807) is 0 Å². The van der Waals surface area contributed by atoms with Gasteiger partial charge in [0, 0.05) is 0 Å². The first-order chi connectivity index (χ1) is 4.00. The first kappa shape index (κ1) is 12.9. The van der Waals surface area contributed by atoms with Crippen LogP contribution in [0.2, 0.25) is 0 Å². The molecular formula is H4CrMoO8. The molecule has 0 saturated carbocycles. The van der Waals surface area contributed by atoms with Gasteiger partial charge in [0.1, 0.15) is 0 Å². The molecule has 0 saturated heterocycles. The van der Waals surface area contributed by atoms with Crippen LogP contribution in [-0.2, 0) is 44.8 Å². The minimum atomic E-state index is -5.52. The molecule has 0 aromatic carbocycles. The summed E-state index contributed by atoms with van der Waals surface area (Å²) in [6.07, 6.45) is 0. The molecule has 0 aliphatic rings. The standard InChI is InChI=1S/Cr.Mo.4H2O.4O/h;;4*1H2;;;;/q2*+2;;;;;;;;/p-4. The molecule has 0 unspecified atom stereocenters. The summed E-state index contributed by atoms with van der Waals surface area (Å²) in [5.41, 5.74) is 0. The fraction of sp³-hybridized carbons (Fsp3) is 0. The molecule has 0 amide bonds. The molecule has 0 fully saturated rings.